The zero-order valence-corrected chi connectivity index (χ0v) is 9.95. The number of rotatable bonds is 2. The van der Waals surface area contributed by atoms with Gasteiger partial charge < -0.3 is 4.74 Å². The lowest BCUT2D eigenvalue weighted by molar-refractivity contribution is 0.459. The number of hydrogen-bond acceptors (Lipinski definition) is 2. The summed E-state index contributed by atoms with van der Waals surface area (Å²) >= 11 is 5.75. The third kappa shape index (κ3) is 2.52. The highest BCUT2D eigenvalue weighted by molar-refractivity contribution is 6.30. The minimum atomic E-state index is 0.552. The lowest BCUT2D eigenvalue weighted by Crippen LogP contribution is -1.90. The molecule has 0 atom stereocenters. The van der Waals surface area contributed by atoms with E-state index in [2.05, 4.69) is 18.0 Å². The molecule has 0 saturated carbocycles. The Hall–Kier alpha value is -1.54. The van der Waals surface area contributed by atoms with Crippen molar-refractivity contribution in [2.75, 3.05) is 0 Å². The fourth-order valence-electron chi connectivity index (χ4n) is 1.45. The quantitative estimate of drug-likeness (QED) is 0.778. The number of hydrogen-bond donors (Lipinski definition) is 0. The van der Waals surface area contributed by atoms with Crippen LogP contribution in [0.1, 0.15) is 11.1 Å². The molecule has 0 aliphatic carbocycles. The topological polar surface area (TPSA) is 22.1 Å². The molecule has 2 aromatic rings. The predicted molar refractivity (Wildman–Crippen MR) is 65.2 cm³/mol. The van der Waals surface area contributed by atoms with Gasteiger partial charge in [0.05, 0.1) is 5.02 Å². The van der Waals surface area contributed by atoms with Gasteiger partial charge in [-0.25, -0.2) is 4.98 Å². The van der Waals surface area contributed by atoms with Gasteiger partial charge in [-0.2, -0.15) is 0 Å². The van der Waals surface area contributed by atoms with Crippen LogP contribution in [0.3, 0.4) is 0 Å². The lowest BCUT2D eigenvalue weighted by Gasteiger charge is -2.08. The van der Waals surface area contributed by atoms with Crippen molar-refractivity contribution in [2.24, 2.45) is 0 Å². The molecule has 0 aliphatic heterocycles. The van der Waals surface area contributed by atoms with Crippen LogP contribution >= 0.6 is 11.6 Å². The second-order valence-corrected chi connectivity index (χ2v) is 4.12. The van der Waals surface area contributed by atoms with Gasteiger partial charge in [-0.3, -0.25) is 0 Å². The zero-order valence-electron chi connectivity index (χ0n) is 9.20. The molecule has 0 saturated heterocycles. The Morgan fingerprint density at radius 1 is 1.12 bits per heavy atom. The first-order valence-electron chi connectivity index (χ1n) is 5.02. The summed E-state index contributed by atoms with van der Waals surface area (Å²) in [4.78, 5) is 4.08. The van der Waals surface area contributed by atoms with Crippen molar-refractivity contribution >= 4 is 11.6 Å². The highest BCUT2D eigenvalue weighted by Crippen LogP contribution is 2.24. The van der Waals surface area contributed by atoms with E-state index in [-0.39, 0.29) is 0 Å². The van der Waals surface area contributed by atoms with Crippen LogP contribution in [0.5, 0.6) is 11.6 Å². The monoisotopic (exact) mass is 233 g/mol. The molecule has 2 rings (SSSR count). The van der Waals surface area contributed by atoms with Crippen LogP contribution in [0, 0.1) is 13.8 Å². The Morgan fingerprint density at radius 2 is 1.94 bits per heavy atom. The molecule has 2 nitrogen and oxygen atoms in total. The summed E-state index contributed by atoms with van der Waals surface area (Å²) in [5.74, 6) is 1.37. The van der Waals surface area contributed by atoms with Crippen molar-refractivity contribution in [3.8, 4) is 11.6 Å². The van der Waals surface area contributed by atoms with Gasteiger partial charge in [0.15, 0.2) is 0 Å². The normalized spacial score (nSPS) is 10.2. The van der Waals surface area contributed by atoms with E-state index in [1.807, 2.05) is 19.1 Å². The second-order valence-electron chi connectivity index (χ2n) is 3.69. The average Bonchev–Trinajstić information content (AvgIpc) is 2.25. The maximum atomic E-state index is 5.75. The van der Waals surface area contributed by atoms with Crippen molar-refractivity contribution in [3.63, 3.8) is 0 Å². The number of aryl methyl sites for hydroxylation is 2. The SMILES string of the molecule is Cc1ccc(Oc2ccc(Cl)cn2)c(C)c1. The highest BCUT2D eigenvalue weighted by atomic mass is 35.5. The Bertz CT molecular complexity index is 494. The number of benzene rings is 1. The predicted octanol–water partition coefficient (Wildman–Crippen LogP) is 4.14. The number of aromatic nitrogens is 1. The van der Waals surface area contributed by atoms with E-state index in [1.54, 1.807) is 18.3 Å². The Morgan fingerprint density at radius 3 is 2.56 bits per heavy atom. The third-order valence-electron chi connectivity index (χ3n) is 2.25. The molecular formula is C13H12ClNO. The molecule has 0 radical (unpaired) electrons. The minimum absolute atomic E-state index is 0.552. The van der Waals surface area contributed by atoms with Crippen molar-refractivity contribution in [2.45, 2.75) is 13.8 Å². The first-order valence-corrected chi connectivity index (χ1v) is 5.39. The van der Waals surface area contributed by atoms with Crippen LogP contribution in [-0.4, -0.2) is 4.98 Å². The van der Waals surface area contributed by atoms with E-state index in [9.17, 15) is 0 Å². The smallest absolute Gasteiger partial charge is 0.219 e. The molecule has 0 aliphatic rings. The molecule has 82 valence electrons. The van der Waals surface area contributed by atoms with Gasteiger partial charge in [0.2, 0.25) is 5.88 Å². The number of pyridine rings is 1. The molecule has 1 aromatic carbocycles. The molecule has 0 bridgehead atoms. The zero-order chi connectivity index (χ0) is 11.5. The van der Waals surface area contributed by atoms with Crippen LogP contribution in [0.2, 0.25) is 5.02 Å². The lowest BCUT2D eigenvalue weighted by atomic mass is 10.1. The highest BCUT2D eigenvalue weighted by Gasteiger charge is 2.02. The van der Waals surface area contributed by atoms with Crippen LogP contribution in [-0.2, 0) is 0 Å². The molecule has 1 heterocycles. The van der Waals surface area contributed by atoms with Crippen LogP contribution in [0.4, 0.5) is 0 Å². The Labute approximate surface area is 99.9 Å². The molecule has 1 aromatic heterocycles. The molecule has 0 spiro atoms. The van der Waals surface area contributed by atoms with Crippen molar-refractivity contribution in [1.82, 2.24) is 4.98 Å². The summed E-state index contributed by atoms with van der Waals surface area (Å²) in [6, 6.07) is 9.54. The van der Waals surface area contributed by atoms with Crippen LogP contribution in [0.15, 0.2) is 36.5 Å². The number of halogens is 1. The first-order chi connectivity index (χ1) is 7.65. The van der Waals surface area contributed by atoms with Gasteiger partial charge in [0.25, 0.3) is 0 Å². The van der Waals surface area contributed by atoms with Crippen LogP contribution < -0.4 is 4.74 Å². The maximum Gasteiger partial charge on any atom is 0.219 e. The van der Waals surface area contributed by atoms with Gasteiger partial charge >= 0.3 is 0 Å². The first kappa shape index (κ1) is 11.0. The van der Waals surface area contributed by atoms with Crippen molar-refractivity contribution < 1.29 is 4.74 Å². The molecule has 3 heteroatoms. The van der Waals surface area contributed by atoms with Gasteiger partial charge in [0, 0.05) is 12.3 Å². The third-order valence-corrected chi connectivity index (χ3v) is 2.47. The van der Waals surface area contributed by atoms with Gasteiger partial charge in [0.1, 0.15) is 5.75 Å². The van der Waals surface area contributed by atoms with E-state index in [1.165, 1.54) is 5.56 Å². The second kappa shape index (κ2) is 4.54. The molecule has 0 fully saturated rings. The average molecular weight is 234 g/mol. The molecule has 16 heavy (non-hydrogen) atoms. The Balaban J connectivity index is 2.23. The van der Waals surface area contributed by atoms with Crippen molar-refractivity contribution in [1.29, 1.82) is 0 Å². The van der Waals surface area contributed by atoms with Gasteiger partial charge in [-0.05, 0) is 31.5 Å². The molecule has 0 amide bonds. The van der Waals surface area contributed by atoms with E-state index in [0.717, 1.165) is 11.3 Å². The van der Waals surface area contributed by atoms with Crippen molar-refractivity contribution in [3.05, 3.63) is 52.7 Å². The number of nitrogens with zero attached hydrogens (tertiary/aromatic N) is 1. The number of ether oxygens (including phenoxy) is 1. The summed E-state index contributed by atoms with van der Waals surface area (Å²) in [5.41, 5.74) is 2.31. The Kier molecular flexibility index (Phi) is 3.11. The summed E-state index contributed by atoms with van der Waals surface area (Å²) in [6.07, 6.45) is 1.57. The minimum Gasteiger partial charge on any atom is -0.439 e. The van der Waals surface area contributed by atoms with Gasteiger partial charge in [-0.1, -0.05) is 29.3 Å². The van der Waals surface area contributed by atoms with Gasteiger partial charge in [-0.15, -0.1) is 0 Å². The van der Waals surface area contributed by atoms with Crippen LogP contribution in [0.25, 0.3) is 0 Å². The van der Waals surface area contributed by atoms with E-state index >= 15 is 0 Å². The summed E-state index contributed by atoms with van der Waals surface area (Å²) < 4.78 is 5.65. The molecule has 0 N–H and O–H groups in total. The molecule has 0 unspecified atom stereocenters. The summed E-state index contributed by atoms with van der Waals surface area (Å²) in [5, 5.41) is 0.605. The summed E-state index contributed by atoms with van der Waals surface area (Å²) in [6.45, 7) is 4.07. The summed E-state index contributed by atoms with van der Waals surface area (Å²) in [7, 11) is 0. The largest absolute Gasteiger partial charge is 0.439 e. The standard InChI is InChI=1S/C13H12ClNO/c1-9-3-5-12(10(2)7-9)16-13-6-4-11(14)8-15-13/h3-8H,1-2H3. The van der Waals surface area contributed by atoms with E-state index < -0.39 is 0 Å². The van der Waals surface area contributed by atoms with E-state index in [0.29, 0.717) is 10.9 Å². The fraction of sp³-hybridized carbons (Fsp3) is 0.154. The van der Waals surface area contributed by atoms with E-state index in [4.69, 9.17) is 16.3 Å². The molecular weight excluding hydrogens is 222 g/mol. The fourth-order valence-corrected chi connectivity index (χ4v) is 1.56. The maximum absolute atomic E-state index is 5.75.